The molecule has 0 unspecified atom stereocenters. The van der Waals surface area contributed by atoms with Gasteiger partial charge in [-0.25, -0.2) is 9.37 Å². The van der Waals surface area contributed by atoms with Gasteiger partial charge < -0.3 is 9.80 Å². The molecule has 126 valence electrons. The second-order valence-corrected chi connectivity index (χ2v) is 6.09. The number of benzene rings is 1. The Morgan fingerprint density at radius 2 is 1.88 bits per heavy atom. The van der Waals surface area contributed by atoms with E-state index in [0.29, 0.717) is 19.5 Å². The molecule has 1 fully saturated rings. The summed E-state index contributed by atoms with van der Waals surface area (Å²) in [6, 6.07) is 6.38. The van der Waals surface area contributed by atoms with E-state index in [2.05, 4.69) is 14.9 Å². The van der Waals surface area contributed by atoms with Gasteiger partial charge >= 0.3 is 0 Å². The summed E-state index contributed by atoms with van der Waals surface area (Å²) in [6.07, 6.45) is 5.52. The van der Waals surface area contributed by atoms with Crippen LogP contribution in [-0.4, -0.2) is 47.0 Å². The molecule has 1 atom stereocenters. The lowest BCUT2D eigenvalue weighted by Gasteiger charge is -2.35. The first-order chi connectivity index (χ1) is 11.6. The summed E-state index contributed by atoms with van der Waals surface area (Å²) in [5, 5.41) is 0. The van der Waals surface area contributed by atoms with E-state index < -0.39 is 0 Å². The van der Waals surface area contributed by atoms with Crippen LogP contribution in [0.3, 0.4) is 0 Å². The first-order valence-electron chi connectivity index (χ1n) is 8.17. The van der Waals surface area contributed by atoms with Gasteiger partial charge in [-0.2, -0.15) is 0 Å². The number of amides is 1. The molecule has 0 bridgehead atoms. The van der Waals surface area contributed by atoms with Crippen LogP contribution in [0.15, 0.2) is 42.9 Å². The Balaban J connectivity index is 1.52. The summed E-state index contributed by atoms with van der Waals surface area (Å²) in [5.41, 5.74) is 0.989. The summed E-state index contributed by atoms with van der Waals surface area (Å²) in [4.78, 5) is 24.9. The van der Waals surface area contributed by atoms with Gasteiger partial charge in [0.2, 0.25) is 5.91 Å². The van der Waals surface area contributed by atoms with Crippen molar-refractivity contribution in [3.8, 4) is 0 Å². The molecular formula is C18H21FN4O. The molecule has 5 nitrogen and oxygen atoms in total. The number of anilines is 1. The zero-order valence-corrected chi connectivity index (χ0v) is 13.7. The van der Waals surface area contributed by atoms with E-state index >= 15 is 0 Å². The second-order valence-electron chi connectivity index (χ2n) is 6.09. The van der Waals surface area contributed by atoms with Crippen molar-refractivity contribution in [1.29, 1.82) is 0 Å². The van der Waals surface area contributed by atoms with Crippen LogP contribution in [0.1, 0.15) is 24.8 Å². The number of halogens is 1. The Morgan fingerprint density at radius 1 is 1.17 bits per heavy atom. The molecule has 3 rings (SSSR count). The molecule has 0 aliphatic carbocycles. The maximum Gasteiger partial charge on any atom is 0.223 e. The highest BCUT2D eigenvalue weighted by atomic mass is 19.1. The minimum absolute atomic E-state index is 0.0797. The lowest BCUT2D eigenvalue weighted by Crippen LogP contribution is -2.49. The van der Waals surface area contributed by atoms with Crippen LogP contribution >= 0.6 is 0 Å². The number of carbonyl (C=O) groups excluding carboxylic acids is 1. The fraction of sp³-hybridized carbons (Fsp3) is 0.389. The van der Waals surface area contributed by atoms with Crippen molar-refractivity contribution in [2.45, 2.75) is 19.3 Å². The summed E-state index contributed by atoms with van der Waals surface area (Å²) < 4.78 is 13.0. The van der Waals surface area contributed by atoms with Gasteiger partial charge in [0.1, 0.15) is 11.6 Å². The molecule has 0 radical (unpaired) electrons. The molecule has 6 heteroatoms. The van der Waals surface area contributed by atoms with Crippen LogP contribution in [0.2, 0.25) is 0 Å². The summed E-state index contributed by atoms with van der Waals surface area (Å²) in [7, 11) is 0. The van der Waals surface area contributed by atoms with Crippen LogP contribution in [0.25, 0.3) is 0 Å². The number of hydrogen-bond acceptors (Lipinski definition) is 4. The Bertz CT molecular complexity index is 669. The summed E-state index contributed by atoms with van der Waals surface area (Å²) in [6.45, 7) is 4.89. The van der Waals surface area contributed by atoms with Crippen molar-refractivity contribution >= 4 is 11.7 Å². The normalized spacial score (nSPS) is 16.1. The molecule has 1 saturated heterocycles. The number of carbonyl (C=O) groups is 1. The quantitative estimate of drug-likeness (QED) is 0.865. The third-order valence-corrected chi connectivity index (χ3v) is 4.43. The van der Waals surface area contributed by atoms with Gasteiger partial charge in [-0.1, -0.05) is 19.1 Å². The van der Waals surface area contributed by atoms with Gasteiger partial charge in [-0.15, -0.1) is 0 Å². The van der Waals surface area contributed by atoms with Crippen LogP contribution < -0.4 is 4.90 Å². The summed E-state index contributed by atoms with van der Waals surface area (Å²) >= 11 is 0. The van der Waals surface area contributed by atoms with Crippen molar-refractivity contribution in [2.24, 2.45) is 0 Å². The van der Waals surface area contributed by atoms with E-state index in [9.17, 15) is 9.18 Å². The van der Waals surface area contributed by atoms with Gasteiger partial charge in [0.15, 0.2) is 0 Å². The fourth-order valence-corrected chi connectivity index (χ4v) is 2.94. The second kappa shape index (κ2) is 7.38. The maximum absolute atomic E-state index is 13.0. The van der Waals surface area contributed by atoms with Crippen molar-refractivity contribution < 1.29 is 9.18 Å². The predicted octanol–water partition coefficient (Wildman–Crippen LogP) is 2.46. The molecule has 2 heterocycles. The number of aromatic nitrogens is 2. The van der Waals surface area contributed by atoms with Crippen molar-refractivity contribution in [1.82, 2.24) is 14.9 Å². The molecule has 1 aliphatic rings. The molecule has 1 aliphatic heterocycles. The number of nitrogens with zero attached hydrogens (tertiary/aromatic N) is 4. The van der Waals surface area contributed by atoms with Gasteiger partial charge in [0.05, 0.1) is 6.20 Å². The average molecular weight is 328 g/mol. The highest BCUT2D eigenvalue weighted by Gasteiger charge is 2.23. The molecule has 2 aromatic rings. The van der Waals surface area contributed by atoms with E-state index in [1.165, 1.54) is 12.1 Å². The van der Waals surface area contributed by atoms with Gasteiger partial charge in [-0.05, 0) is 23.6 Å². The van der Waals surface area contributed by atoms with E-state index in [1.54, 1.807) is 30.7 Å². The lowest BCUT2D eigenvalue weighted by atomic mass is 9.97. The molecule has 0 N–H and O–H groups in total. The third-order valence-electron chi connectivity index (χ3n) is 4.43. The Kier molecular flexibility index (Phi) is 5.03. The zero-order valence-electron chi connectivity index (χ0n) is 13.7. The topological polar surface area (TPSA) is 49.3 Å². The Morgan fingerprint density at radius 3 is 2.50 bits per heavy atom. The Hall–Kier alpha value is -2.50. The largest absolute Gasteiger partial charge is 0.352 e. The van der Waals surface area contributed by atoms with Crippen LogP contribution in [0.4, 0.5) is 10.2 Å². The first kappa shape index (κ1) is 16.4. The highest BCUT2D eigenvalue weighted by molar-refractivity contribution is 5.77. The maximum atomic E-state index is 13.0. The Labute approximate surface area is 141 Å². The molecule has 1 amide bonds. The van der Waals surface area contributed by atoms with Crippen molar-refractivity contribution in [3.63, 3.8) is 0 Å². The van der Waals surface area contributed by atoms with Gasteiger partial charge in [0.25, 0.3) is 0 Å². The zero-order chi connectivity index (χ0) is 16.9. The lowest BCUT2D eigenvalue weighted by molar-refractivity contribution is -0.131. The standard InChI is InChI=1S/C18H21FN4O/c1-14(15-2-4-16(19)5-3-15)12-18(24)23-10-8-22(9-11-23)17-13-20-6-7-21-17/h2-7,13-14H,8-12H2,1H3/t14-/m0/s1. The first-order valence-corrected chi connectivity index (χ1v) is 8.17. The minimum Gasteiger partial charge on any atom is -0.352 e. The van der Waals surface area contributed by atoms with Gasteiger partial charge in [0, 0.05) is 45.0 Å². The van der Waals surface area contributed by atoms with Crippen molar-refractivity contribution in [2.75, 3.05) is 31.1 Å². The number of hydrogen-bond donors (Lipinski definition) is 0. The molecule has 1 aromatic heterocycles. The fourth-order valence-electron chi connectivity index (χ4n) is 2.94. The molecule has 0 saturated carbocycles. The number of piperazine rings is 1. The van der Waals surface area contributed by atoms with Crippen LogP contribution in [0.5, 0.6) is 0 Å². The SMILES string of the molecule is C[C@@H](CC(=O)N1CCN(c2cnccn2)CC1)c1ccc(F)cc1. The van der Waals surface area contributed by atoms with Crippen LogP contribution in [-0.2, 0) is 4.79 Å². The van der Waals surface area contributed by atoms with Crippen LogP contribution in [0, 0.1) is 5.82 Å². The molecule has 1 aromatic carbocycles. The average Bonchev–Trinajstić information content (AvgIpc) is 2.63. The highest BCUT2D eigenvalue weighted by Crippen LogP contribution is 2.21. The van der Waals surface area contributed by atoms with Gasteiger partial charge in [-0.3, -0.25) is 9.78 Å². The smallest absolute Gasteiger partial charge is 0.223 e. The van der Waals surface area contributed by atoms with E-state index in [4.69, 9.17) is 0 Å². The minimum atomic E-state index is -0.252. The van der Waals surface area contributed by atoms with Crippen molar-refractivity contribution in [3.05, 3.63) is 54.2 Å². The predicted molar refractivity (Wildman–Crippen MR) is 90.3 cm³/mol. The molecular weight excluding hydrogens is 307 g/mol. The number of rotatable bonds is 4. The third kappa shape index (κ3) is 3.88. The summed E-state index contributed by atoms with van der Waals surface area (Å²) in [5.74, 6) is 0.823. The van der Waals surface area contributed by atoms with E-state index in [-0.39, 0.29) is 17.6 Å². The molecule has 24 heavy (non-hydrogen) atoms. The van der Waals surface area contributed by atoms with E-state index in [1.807, 2.05) is 11.8 Å². The monoisotopic (exact) mass is 328 g/mol. The molecule has 0 spiro atoms. The van der Waals surface area contributed by atoms with E-state index in [0.717, 1.165) is 24.5 Å².